The fourth-order valence-electron chi connectivity index (χ4n) is 3.11. The number of amides is 1. The second-order valence-corrected chi connectivity index (χ2v) is 8.96. The van der Waals surface area contributed by atoms with E-state index in [0.717, 1.165) is 6.92 Å². The van der Waals surface area contributed by atoms with Gasteiger partial charge in [0.1, 0.15) is 24.4 Å². The molecule has 0 radical (unpaired) electrons. The molecule has 1 aliphatic heterocycles. The molecule has 1 aromatic rings. The van der Waals surface area contributed by atoms with Crippen molar-refractivity contribution in [1.82, 2.24) is 5.32 Å². The number of carbonyl (C=O) groups is 1. The van der Waals surface area contributed by atoms with E-state index in [-0.39, 0.29) is 13.2 Å². The van der Waals surface area contributed by atoms with E-state index in [1.807, 2.05) is 0 Å². The lowest BCUT2D eigenvalue weighted by molar-refractivity contribution is -0.275. The summed E-state index contributed by atoms with van der Waals surface area (Å²) in [5.41, 5.74) is 0.632. The van der Waals surface area contributed by atoms with Crippen LogP contribution in [0.15, 0.2) is 30.3 Å². The monoisotopic (exact) mass is 515 g/mol. The van der Waals surface area contributed by atoms with E-state index in [4.69, 9.17) is 28.1 Å². The average Bonchev–Trinajstić information content (AvgIpc) is 2.70. The molecule has 0 spiro atoms. The van der Waals surface area contributed by atoms with Gasteiger partial charge >= 0.3 is 20.8 Å². The van der Waals surface area contributed by atoms with Crippen LogP contribution in [0.3, 0.4) is 0 Å². The highest BCUT2D eigenvalue weighted by Crippen LogP contribution is 2.29. The van der Waals surface area contributed by atoms with Crippen LogP contribution in [-0.4, -0.2) is 87.4 Å². The van der Waals surface area contributed by atoms with E-state index in [1.165, 1.54) is 0 Å². The summed E-state index contributed by atoms with van der Waals surface area (Å²) in [6.07, 6.45) is -6.07. The molecule has 1 aliphatic rings. The van der Waals surface area contributed by atoms with Crippen LogP contribution < -0.4 is 5.32 Å². The Balaban J connectivity index is 2.43. The smallest absolute Gasteiger partial charge is 0.394 e. The van der Waals surface area contributed by atoms with Crippen molar-refractivity contribution < 1.29 is 58.4 Å². The molecule has 0 saturated carbocycles. The van der Waals surface area contributed by atoms with Crippen LogP contribution in [0.1, 0.15) is 12.5 Å². The molecule has 0 aliphatic carbocycles. The first kappa shape index (κ1) is 27.5. The van der Waals surface area contributed by atoms with Gasteiger partial charge in [0.15, 0.2) is 6.29 Å². The number of carbonyl (C=O) groups excluding carboxylic acids is 1. The molecule has 33 heavy (non-hydrogen) atoms. The maximum atomic E-state index is 11.8. The summed E-state index contributed by atoms with van der Waals surface area (Å²) in [6, 6.07) is 7.14. The van der Waals surface area contributed by atoms with Crippen molar-refractivity contribution in [3.8, 4) is 0 Å². The fraction of sp³-hybridized carbons (Fsp3) is 0.588. The number of nitrogens with one attached hydrogen (secondary N) is 1. The molecule has 0 unspecified atom stereocenters. The molecule has 1 amide bonds. The molecule has 4 N–H and O–H groups in total. The van der Waals surface area contributed by atoms with E-state index in [9.17, 15) is 26.2 Å². The lowest BCUT2D eigenvalue weighted by atomic mass is 9.96. The Morgan fingerprint density at radius 1 is 1.06 bits per heavy atom. The molecule has 5 atom stereocenters. The normalized spacial score (nSPS) is 26.1. The number of rotatable bonds is 12. The van der Waals surface area contributed by atoms with Crippen LogP contribution in [0.4, 0.5) is 0 Å². The van der Waals surface area contributed by atoms with Gasteiger partial charge in [-0.05, 0) is 5.56 Å². The van der Waals surface area contributed by atoms with E-state index in [1.54, 1.807) is 30.3 Å². The maximum absolute atomic E-state index is 11.8. The predicted octanol–water partition coefficient (Wildman–Crippen LogP) is -1.18. The molecule has 16 heteroatoms. The van der Waals surface area contributed by atoms with Gasteiger partial charge in [0.25, 0.3) is 0 Å². The van der Waals surface area contributed by atoms with Gasteiger partial charge in [-0.15, -0.1) is 0 Å². The molecule has 188 valence electrons. The van der Waals surface area contributed by atoms with E-state index >= 15 is 0 Å². The molecule has 0 aromatic heterocycles. The van der Waals surface area contributed by atoms with Gasteiger partial charge in [0.05, 0.1) is 26.4 Å². The van der Waals surface area contributed by atoms with Crippen LogP contribution in [0.5, 0.6) is 0 Å². The van der Waals surface area contributed by atoms with Crippen LogP contribution >= 0.6 is 0 Å². The van der Waals surface area contributed by atoms with Crippen molar-refractivity contribution in [2.75, 3.05) is 19.8 Å². The van der Waals surface area contributed by atoms with Crippen LogP contribution in [0, 0.1) is 0 Å². The minimum absolute atomic E-state index is 0.141. The average molecular weight is 516 g/mol. The predicted molar refractivity (Wildman–Crippen MR) is 108 cm³/mol. The Hall–Kier alpha value is -1.73. The number of aliphatic hydroxyl groups excluding tert-OH is 1. The molecule has 1 fully saturated rings. The zero-order valence-electron chi connectivity index (χ0n) is 17.3. The van der Waals surface area contributed by atoms with Crippen molar-refractivity contribution in [3.05, 3.63) is 35.9 Å². The molecule has 14 nitrogen and oxygen atoms in total. The number of hydrogen-bond acceptors (Lipinski definition) is 11. The fourth-order valence-corrected chi connectivity index (χ4v) is 3.93. The van der Waals surface area contributed by atoms with E-state index in [2.05, 4.69) is 9.50 Å². The summed E-state index contributed by atoms with van der Waals surface area (Å²) in [7, 11) is -10.0. The SMILES string of the molecule is CC(=O)N[C@H]1[C@@H](OCCO)O[C@H](COS(=O)(=O)O)[C@@H](OCc2ccccc2)[C@@H]1OS(=O)(=O)O. The lowest BCUT2D eigenvalue weighted by Gasteiger charge is -2.45. The van der Waals surface area contributed by atoms with Gasteiger partial charge in [0.2, 0.25) is 5.91 Å². The number of hydrogen-bond donors (Lipinski definition) is 4. The van der Waals surface area contributed by atoms with Crippen molar-refractivity contribution in [2.24, 2.45) is 0 Å². The topological polar surface area (TPSA) is 204 Å². The van der Waals surface area contributed by atoms with E-state index in [0.29, 0.717) is 5.56 Å². The molecular weight excluding hydrogens is 490 g/mol. The van der Waals surface area contributed by atoms with Crippen molar-refractivity contribution in [2.45, 2.75) is 44.2 Å². The van der Waals surface area contributed by atoms with Gasteiger partial charge in [-0.3, -0.25) is 13.9 Å². The first-order chi connectivity index (χ1) is 15.4. The minimum atomic E-state index is -5.12. The van der Waals surface area contributed by atoms with Crippen molar-refractivity contribution in [3.63, 3.8) is 0 Å². The Morgan fingerprint density at radius 2 is 1.73 bits per heavy atom. The third-order valence-corrected chi connectivity index (χ3v) is 5.19. The third kappa shape index (κ3) is 9.57. The summed E-state index contributed by atoms with van der Waals surface area (Å²) in [5.74, 6) is -0.653. The third-order valence-electron chi connectivity index (χ3n) is 4.29. The Bertz CT molecular complexity index is 970. The van der Waals surface area contributed by atoms with Crippen LogP contribution in [0.2, 0.25) is 0 Å². The first-order valence-electron chi connectivity index (χ1n) is 9.47. The van der Waals surface area contributed by atoms with Gasteiger partial charge in [-0.1, -0.05) is 30.3 Å². The summed E-state index contributed by atoms with van der Waals surface area (Å²) in [5, 5.41) is 11.4. The van der Waals surface area contributed by atoms with Crippen molar-refractivity contribution >= 4 is 26.7 Å². The lowest BCUT2D eigenvalue weighted by Crippen LogP contribution is -2.66. The summed E-state index contributed by atoms with van der Waals surface area (Å²) < 4.78 is 89.3. The quantitative estimate of drug-likeness (QED) is 0.242. The molecule has 1 saturated heterocycles. The summed E-state index contributed by atoms with van der Waals surface area (Å²) in [6.45, 7) is -0.689. The molecule has 1 heterocycles. The summed E-state index contributed by atoms with van der Waals surface area (Å²) >= 11 is 0. The zero-order valence-corrected chi connectivity index (χ0v) is 19.0. The molecule has 1 aromatic carbocycles. The van der Waals surface area contributed by atoms with E-state index < -0.39 is 70.6 Å². The Morgan fingerprint density at radius 3 is 2.27 bits per heavy atom. The number of aliphatic hydroxyl groups is 1. The highest BCUT2D eigenvalue weighted by Gasteiger charge is 2.50. The highest BCUT2D eigenvalue weighted by molar-refractivity contribution is 7.81. The van der Waals surface area contributed by atoms with Gasteiger partial charge in [-0.25, -0.2) is 8.37 Å². The highest BCUT2D eigenvalue weighted by atomic mass is 32.3. The molecule has 2 rings (SSSR count). The van der Waals surface area contributed by atoms with Crippen LogP contribution in [0.25, 0.3) is 0 Å². The van der Waals surface area contributed by atoms with Crippen molar-refractivity contribution in [1.29, 1.82) is 0 Å². The zero-order chi connectivity index (χ0) is 24.6. The van der Waals surface area contributed by atoms with Gasteiger partial charge < -0.3 is 24.6 Å². The Kier molecular flexibility index (Phi) is 10.1. The summed E-state index contributed by atoms with van der Waals surface area (Å²) in [4.78, 5) is 11.8. The van der Waals surface area contributed by atoms with Gasteiger partial charge in [-0.2, -0.15) is 16.8 Å². The first-order valence-corrected chi connectivity index (χ1v) is 12.2. The number of benzene rings is 1. The second kappa shape index (κ2) is 12.1. The maximum Gasteiger partial charge on any atom is 0.397 e. The molecule has 0 bridgehead atoms. The second-order valence-electron chi connectivity index (χ2n) is 6.83. The van der Waals surface area contributed by atoms with Crippen LogP contribution in [-0.2, 0) is 54.8 Å². The standard InChI is InChI=1S/C17H25NO13S2/c1-11(20)18-14-16(31-33(24,25)26)15(28-9-12-5-3-2-4-6-12)13(10-29-32(21,22)23)30-17(14)27-8-7-19/h2-6,13-17,19H,7-10H2,1H3,(H,18,20)(H,21,22,23)(H,24,25,26)/t13-,14-,15-,16-,17+/m1/s1. The molecular formula is C17H25NO13S2. The largest absolute Gasteiger partial charge is 0.397 e. The number of ether oxygens (including phenoxy) is 3. The Labute approximate surface area is 190 Å². The van der Waals surface area contributed by atoms with Gasteiger partial charge in [0, 0.05) is 6.92 Å². The minimum Gasteiger partial charge on any atom is -0.394 e.